The largest absolute Gasteiger partial charge is 0.497 e. The minimum atomic E-state index is -4.75. The van der Waals surface area contributed by atoms with E-state index in [1.807, 2.05) is 200 Å². The topological polar surface area (TPSA) is 166 Å². The van der Waals surface area contributed by atoms with Crippen LogP contribution in [0, 0.1) is 18.4 Å². The van der Waals surface area contributed by atoms with E-state index in [1.165, 1.54) is 32.0 Å². The predicted octanol–water partition coefficient (Wildman–Crippen LogP) is 16.1. The first-order valence-electron chi connectivity index (χ1n) is 32.0. The second-order valence-electron chi connectivity index (χ2n) is 23.3. The van der Waals surface area contributed by atoms with Crippen LogP contribution in [0.5, 0.6) is 17.2 Å². The Morgan fingerprint density at radius 3 is 1.69 bits per heavy atom. The Labute approximate surface area is 549 Å². The Hall–Kier alpha value is -9.46. The molecule has 1 saturated heterocycles. The minimum Gasteiger partial charge on any atom is -0.497 e. The molecule has 2 N–H and O–H groups in total. The lowest BCUT2D eigenvalue weighted by molar-refractivity contribution is -0.146. The fourth-order valence-electron chi connectivity index (χ4n) is 12.4. The molecule has 5 atom stereocenters. The number of anilines is 1. The number of nitrogens with zero attached hydrogens (tertiary/aromatic N) is 4. The summed E-state index contributed by atoms with van der Waals surface area (Å²) in [5.41, 5.74) is 0.966. The van der Waals surface area contributed by atoms with Gasteiger partial charge in [-0.3, -0.25) is 13.9 Å². The Bertz CT molecular complexity index is 4040. The number of hydrogen-bond acceptors (Lipinski definition) is 13. The number of halogens is 1. The van der Waals surface area contributed by atoms with Crippen LogP contribution in [-0.4, -0.2) is 70.7 Å². The van der Waals surface area contributed by atoms with Crippen LogP contribution in [0.1, 0.15) is 110 Å². The van der Waals surface area contributed by atoms with Gasteiger partial charge in [-0.2, -0.15) is 19.4 Å². The molecule has 3 heterocycles. The molecule has 0 spiro atoms. The maximum atomic E-state index is 16.8. The number of fused-ring (bicyclic) bond motifs is 1. The third kappa shape index (κ3) is 15.0. The number of methoxy groups -OCH3 is 2. The molecule has 0 aliphatic carbocycles. The van der Waals surface area contributed by atoms with Crippen LogP contribution in [0.15, 0.2) is 237 Å². The van der Waals surface area contributed by atoms with Crippen molar-refractivity contribution in [1.29, 1.82) is 0 Å². The van der Waals surface area contributed by atoms with E-state index in [-0.39, 0.29) is 42.2 Å². The molecule has 94 heavy (non-hydrogen) atoms. The first-order chi connectivity index (χ1) is 46.0. The van der Waals surface area contributed by atoms with E-state index in [0.717, 1.165) is 52.6 Å². The average molecular weight is 1280 g/mol. The number of nitrogens with one attached hydrogen (secondary N) is 2. The molecule has 1 fully saturated rings. The number of hydrogen-bond donors (Lipinski definition) is 2. The zero-order valence-corrected chi connectivity index (χ0v) is 54.0. The van der Waals surface area contributed by atoms with Crippen molar-refractivity contribution in [3.05, 3.63) is 282 Å². The fraction of sp³-hybridized carbons (Fsp3) is 0.273. The molecule has 0 amide bonds. The maximum absolute atomic E-state index is 16.8. The van der Waals surface area contributed by atoms with Crippen molar-refractivity contribution >= 4 is 30.7 Å². The molecule has 2 aromatic heterocycles. The molecule has 15 nitrogen and oxygen atoms in total. The summed E-state index contributed by atoms with van der Waals surface area (Å²) < 4.78 is 80.1. The number of unbranched alkanes of at least 4 members (excludes halogenated alkanes) is 7. The van der Waals surface area contributed by atoms with Crippen molar-refractivity contribution < 1.29 is 46.5 Å². The van der Waals surface area contributed by atoms with Gasteiger partial charge >= 0.3 is 19.8 Å². The van der Waals surface area contributed by atoms with Gasteiger partial charge in [0.1, 0.15) is 53.4 Å². The van der Waals surface area contributed by atoms with E-state index in [1.54, 1.807) is 49.1 Å². The molecule has 1 unspecified atom stereocenters. The van der Waals surface area contributed by atoms with Crippen molar-refractivity contribution in [2.45, 2.75) is 106 Å². The summed E-state index contributed by atoms with van der Waals surface area (Å²) in [5.74, 6) is 3.80. The molecule has 0 saturated carbocycles. The Morgan fingerprint density at radius 1 is 0.660 bits per heavy atom. The summed E-state index contributed by atoms with van der Waals surface area (Å²) in [6.07, 6.45) is 13.5. The van der Waals surface area contributed by atoms with Gasteiger partial charge in [0, 0.05) is 6.42 Å². The first-order valence-corrected chi connectivity index (χ1v) is 33.6. The monoisotopic (exact) mass is 1280 g/mol. The molecule has 10 aromatic rings. The molecule has 1 aliphatic rings. The fourth-order valence-corrected chi connectivity index (χ4v) is 13.9. The average Bonchev–Trinajstić information content (AvgIpc) is 1.41. The second kappa shape index (κ2) is 31.0. The lowest BCUT2D eigenvalue weighted by Crippen LogP contribution is -2.49. The summed E-state index contributed by atoms with van der Waals surface area (Å²) in [6.45, 7) is 1.71. The highest BCUT2D eigenvalue weighted by Crippen LogP contribution is 2.52. The summed E-state index contributed by atoms with van der Waals surface area (Å²) in [5, 5.41) is 6.73. The van der Waals surface area contributed by atoms with E-state index in [2.05, 4.69) is 33.2 Å². The van der Waals surface area contributed by atoms with Crippen LogP contribution in [0.3, 0.4) is 0 Å². The van der Waals surface area contributed by atoms with Crippen LogP contribution >= 0.6 is 7.75 Å². The number of benzene rings is 8. The van der Waals surface area contributed by atoms with Gasteiger partial charge in [0.2, 0.25) is 0 Å². The number of carbonyl (C=O) groups is 1. The summed E-state index contributed by atoms with van der Waals surface area (Å²) in [6, 6.07) is 70.9. The van der Waals surface area contributed by atoms with Crippen LogP contribution in [0.4, 0.5) is 10.2 Å². The predicted molar refractivity (Wildman–Crippen MR) is 363 cm³/mol. The molecule has 8 aromatic carbocycles. The van der Waals surface area contributed by atoms with E-state index >= 15 is 8.96 Å². The standard InChI is InChI=1S/C77H78FN6O9P/c1-5-7-8-9-10-11-12-31-52-89-73(85)67(53-57-32-19-13-20-33-57)83-94(86,93-66-42-29-18-30-43-66)90-55-75(6-2)68(91-77(61-38-25-16-26-39-61,62-40-27-17-28-41-62)63-46-50-65(88-4)51-47-63)54-69(92-75)84-56-79-70-71(80-74(78)81-72(70)84)82-76(58-34-21-14-22-35-58,59-36-23-15-24-37-59)60-44-48-64(87-3)49-45-60/h2,13-30,32-51,56,67-69H,5,7-12,31,52-55H2,1,3-4H3,(H,83,86)(H,80,81,82)/t67-,68-,69+,75+,94?/m0/s1. The van der Waals surface area contributed by atoms with Crippen molar-refractivity contribution in [2.75, 3.05) is 32.8 Å². The lowest BCUT2D eigenvalue weighted by atomic mass is 9.77. The van der Waals surface area contributed by atoms with E-state index in [0.29, 0.717) is 23.5 Å². The quantitative estimate of drug-likeness (QED) is 0.0102. The van der Waals surface area contributed by atoms with Gasteiger partial charge in [0.05, 0.1) is 27.2 Å². The van der Waals surface area contributed by atoms with Gasteiger partial charge in [-0.25, -0.2) is 9.55 Å². The highest BCUT2D eigenvalue weighted by molar-refractivity contribution is 7.52. The lowest BCUT2D eigenvalue weighted by Gasteiger charge is -2.41. The molecule has 0 radical (unpaired) electrons. The molecule has 0 bridgehead atoms. The smallest absolute Gasteiger partial charge is 0.459 e. The summed E-state index contributed by atoms with van der Waals surface area (Å²) in [4.78, 5) is 28.3. The zero-order chi connectivity index (χ0) is 65.2. The third-order valence-electron chi connectivity index (χ3n) is 17.2. The maximum Gasteiger partial charge on any atom is 0.459 e. The SMILES string of the molecule is C#C[C@]1(COP(=O)(N[C@@H](Cc2ccccc2)C(=O)OCCCCCCCCCC)Oc2ccccc2)O[C@@H](n2cnc3c(NC(c4ccccc4)(c4ccccc4)c4ccc(OC)cc4)nc(F)nc32)C[C@@H]1OC(c1ccccc1)(c1ccccc1)c1ccc(OC)cc1. The highest BCUT2D eigenvalue weighted by atomic mass is 31.2. The third-order valence-corrected chi connectivity index (χ3v) is 18.7. The van der Waals surface area contributed by atoms with E-state index in [9.17, 15) is 4.79 Å². The van der Waals surface area contributed by atoms with Gasteiger partial charge < -0.3 is 33.5 Å². The Kier molecular flexibility index (Phi) is 21.8. The number of ether oxygens (including phenoxy) is 5. The Balaban J connectivity index is 1.02. The van der Waals surface area contributed by atoms with Crippen molar-refractivity contribution in [2.24, 2.45) is 0 Å². The number of esters is 1. The van der Waals surface area contributed by atoms with Gasteiger partial charge in [-0.15, -0.1) is 6.42 Å². The normalized spacial score (nSPS) is 16.5. The second-order valence-corrected chi connectivity index (χ2v) is 25.0. The number of aromatic nitrogens is 4. The van der Waals surface area contributed by atoms with Crippen LogP contribution in [0.2, 0.25) is 0 Å². The van der Waals surface area contributed by atoms with Gasteiger partial charge in [-0.05, 0) is 88.2 Å². The molecule has 11 rings (SSSR count). The Morgan fingerprint density at radius 2 is 1.15 bits per heavy atom. The first kappa shape index (κ1) is 66.0. The van der Waals surface area contributed by atoms with Crippen LogP contribution < -0.4 is 24.4 Å². The number of para-hydroxylation sites is 1. The van der Waals surface area contributed by atoms with Crippen LogP contribution in [0.25, 0.3) is 11.2 Å². The molecule has 482 valence electrons. The zero-order valence-electron chi connectivity index (χ0n) is 53.1. The number of imidazole rings is 1. The van der Waals surface area contributed by atoms with Crippen LogP contribution in [-0.2, 0) is 45.7 Å². The van der Waals surface area contributed by atoms with E-state index < -0.39 is 61.5 Å². The molecular weight excluding hydrogens is 1200 g/mol. The van der Waals surface area contributed by atoms with E-state index in [4.69, 9.17) is 44.1 Å². The molecule has 17 heteroatoms. The van der Waals surface area contributed by atoms with Gasteiger partial charge in [0.15, 0.2) is 22.6 Å². The number of rotatable bonds is 32. The van der Waals surface area contributed by atoms with Gasteiger partial charge in [-0.1, -0.05) is 252 Å². The molecular formula is C77H78FN6O9P. The summed E-state index contributed by atoms with van der Waals surface area (Å²) in [7, 11) is -1.55. The minimum absolute atomic E-state index is 0.0479. The van der Waals surface area contributed by atoms with Crippen molar-refractivity contribution in [1.82, 2.24) is 24.6 Å². The molecule has 1 aliphatic heterocycles. The van der Waals surface area contributed by atoms with Gasteiger partial charge in [0.25, 0.3) is 0 Å². The van der Waals surface area contributed by atoms with Crippen molar-refractivity contribution in [3.63, 3.8) is 0 Å². The highest BCUT2D eigenvalue weighted by Gasteiger charge is 2.56. The van der Waals surface area contributed by atoms with Crippen molar-refractivity contribution in [3.8, 4) is 29.6 Å². The number of terminal acetylenes is 1. The summed E-state index contributed by atoms with van der Waals surface area (Å²) >= 11 is 0. The number of carbonyl (C=O) groups excluding carboxylic acids is 1.